The summed E-state index contributed by atoms with van der Waals surface area (Å²) in [5, 5.41) is 12.1. The normalized spacial score (nSPS) is 10.9. The van der Waals surface area contributed by atoms with Crippen molar-refractivity contribution >= 4 is 11.6 Å². The van der Waals surface area contributed by atoms with Gasteiger partial charge in [0.2, 0.25) is 5.91 Å². The summed E-state index contributed by atoms with van der Waals surface area (Å²) in [5.74, 6) is -0.0333. The SMILES string of the molecule is Cc1ccc(NC(=O)C(C)(C)C)c(-c2cccc(C#N)c2)c1. The van der Waals surface area contributed by atoms with Crippen molar-refractivity contribution in [1.29, 1.82) is 5.26 Å². The zero-order valence-electron chi connectivity index (χ0n) is 13.4. The molecule has 3 nitrogen and oxygen atoms in total. The lowest BCUT2D eigenvalue weighted by molar-refractivity contribution is -0.123. The summed E-state index contributed by atoms with van der Waals surface area (Å²) in [5.41, 5.74) is 3.86. The van der Waals surface area contributed by atoms with E-state index in [9.17, 15) is 4.79 Å². The molecule has 0 bridgehead atoms. The molecule has 0 spiro atoms. The number of benzene rings is 2. The Hall–Kier alpha value is -2.60. The standard InChI is InChI=1S/C19H20N2O/c1-13-8-9-17(21-18(22)19(2,3)4)16(10-13)15-7-5-6-14(11-15)12-20/h5-11H,1-4H3,(H,21,22). The maximum absolute atomic E-state index is 12.3. The van der Waals surface area contributed by atoms with Crippen LogP contribution in [0.25, 0.3) is 11.1 Å². The Bertz CT molecular complexity index is 749. The van der Waals surface area contributed by atoms with Gasteiger partial charge in [-0.15, -0.1) is 0 Å². The molecule has 0 aromatic heterocycles. The third-order valence-corrected chi connectivity index (χ3v) is 3.41. The third kappa shape index (κ3) is 3.53. The second-order valence-corrected chi connectivity index (χ2v) is 6.45. The summed E-state index contributed by atoms with van der Waals surface area (Å²) < 4.78 is 0. The predicted molar refractivity (Wildman–Crippen MR) is 89.4 cm³/mol. The average Bonchev–Trinajstić information content (AvgIpc) is 2.48. The van der Waals surface area contributed by atoms with Gasteiger partial charge in [-0.05, 0) is 36.8 Å². The first kappa shape index (κ1) is 15.8. The Kier molecular flexibility index (Phi) is 4.32. The molecule has 2 aromatic carbocycles. The van der Waals surface area contributed by atoms with Gasteiger partial charge in [-0.1, -0.05) is 44.5 Å². The van der Waals surface area contributed by atoms with Crippen LogP contribution < -0.4 is 5.32 Å². The summed E-state index contributed by atoms with van der Waals surface area (Å²) in [6.07, 6.45) is 0. The van der Waals surface area contributed by atoms with Gasteiger partial charge in [-0.3, -0.25) is 4.79 Å². The van der Waals surface area contributed by atoms with Crippen molar-refractivity contribution < 1.29 is 4.79 Å². The minimum atomic E-state index is -0.462. The molecule has 2 aromatic rings. The van der Waals surface area contributed by atoms with Crippen LogP contribution >= 0.6 is 0 Å². The van der Waals surface area contributed by atoms with Gasteiger partial charge < -0.3 is 5.32 Å². The molecule has 2 rings (SSSR count). The summed E-state index contributed by atoms with van der Waals surface area (Å²) in [6, 6.07) is 15.5. The molecular weight excluding hydrogens is 272 g/mol. The van der Waals surface area contributed by atoms with Crippen LogP contribution in [0.2, 0.25) is 0 Å². The van der Waals surface area contributed by atoms with E-state index in [1.54, 1.807) is 6.07 Å². The van der Waals surface area contributed by atoms with Gasteiger partial charge in [0.25, 0.3) is 0 Å². The van der Waals surface area contributed by atoms with Crippen LogP contribution in [0.4, 0.5) is 5.69 Å². The highest BCUT2D eigenvalue weighted by molar-refractivity contribution is 5.98. The third-order valence-electron chi connectivity index (χ3n) is 3.41. The Morgan fingerprint density at radius 3 is 2.50 bits per heavy atom. The summed E-state index contributed by atoms with van der Waals surface area (Å²) in [7, 11) is 0. The minimum absolute atomic E-state index is 0.0333. The fraction of sp³-hybridized carbons (Fsp3) is 0.263. The smallest absolute Gasteiger partial charge is 0.229 e. The number of hydrogen-bond donors (Lipinski definition) is 1. The molecule has 0 unspecified atom stereocenters. The quantitative estimate of drug-likeness (QED) is 0.884. The average molecular weight is 292 g/mol. The van der Waals surface area contributed by atoms with Crippen LogP contribution in [-0.2, 0) is 4.79 Å². The number of nitrogens with zero attached hydrogens (tertiary/aromatic N) is 1. The summed E-state index contributed by atoms with van der Waals surface area (Å²) >= 11 is 0. The fourth-order valence-corrected chi connectivity index (χ4v) is 2.07. The van der Waals surface area contributed by atoms with Crippen LogP contribution in [0.15, 0.2) is 42.5 Å². The van der Waals surface area contributed by atoms with Crippen LogP contribution in [0.5, 0.6) is 0 Å². The molecule has 0 aliphatic rings. The van der Waals surface area contributed by atoms with Crippen molar-refractivity contribution in [3.8, 4) is 17.2 Å². The van der Waals surface area contributed by atoms with E-state index in [1.165, 1.54) is 0 Å². The molecular formula is C19H20N2O. The molecule has 112 valence electrons. The predicted octanol–water partition coefficient (Wildman–Crippen LogP) is 4.52. The van der Waals surface area contributed by atoms with Gasteiger partial charge in [0.15, 0.2) is 0 Å². The zero-order valence-corrected chi connectivity index (χ0v) is 13.4. The van der Waals surface area contributed by atoms with E-state index >= 15 is 0 Å². The maximum Gasteiger partial charge on any atom is 0.229 e. The molecule has 0 heterocycles. The van der Waals surface area contributed by atoms with Gasteiger partial charge in [0.1, 0.15) is 0 Å². The number of amides is 1. The largest absolute Gasteiger partial charge is 0.325 e. The number of nitriles is 1. The number of carbonyl (C=O) groups is 1. The highest BCUT2D eigenvalue weighted by Gasteiger charge is 2.22. The molecule has 0 aliphatic heterocycles. The molecule has 3 heteroatoms. The van der Waals surface area contributed by atoms with Crippen molar-refractivity contribution in [2.24, 2.45) is 5.41 Å². The van der Waals surface area contributed by atoms with E-state index in [-0.39, 0.29) is 5.91 Å². The molecule has 1 amide bonds. The molecule has 22 heavy (non-hydrogen) atoms. The monoisotopic (exact) mass is 292 g/mol. The second kappa shape index (κ2) is 6.03. The van der Waals surface area contributed by atoms with Crippen molar-refractivity contribution in [2.45, 2.75) is 27.7 Å². The lowest BCUT2D eigenvalue weighted by Gasteiger charge is -2.20. The number of rotatable bonds is 2. The molecule has 0 fully saturated rings. The van der Waals surface area contributed by atoms with Crippen molar-refractivity contribution in [1.82, 2.24) is 0 Å². The first-order valence-corrected chi connectivity index (χ1v) is 7.24. The van der Waals surface area contributed by atoms with E-state index < -0.39 is 5.41 Å². The Balaban J connectivity index is 2.49. The number of carbonyl (C=O) groups excluding carboxylic acids is 1. The van der Waals surface area contributed by atoms with Gasteiger partial charge in [0.05, 0.1) is 11.6 Å². The van der Waals surface area contributed by atoms with E-state index in [1.807, 2.05) is 64.1 Å². The van der Waals surface area contributed by atoms with Gasteiger partial charge in [-0.25, -0.2) is 0 Å². The Morgan fingerprint density at radius 1 is 1.14 bits per heavy atom. The number of aryl methyl sites for hydroxylation is 1. The summed E-state index contributed by atoms with van der Waals surface area (Å²) in [4.78, 5) is 12.3. The van der Waals surface area contributed by atoms with Gasteiger partial charge in [0, 0.05) is 16.7 Å². The van der Waals surface area contributed by atoms with Gasteiger partial charge in [-0.2, -0.15) is 5.26 Å². The summed E-state index contributed by atoms with van der Waals surface area (Å²) in [6.45, 7) is 7.65. The highest BCUT2D eigenvalue weighted by Crippen LogP contribution is 2.31. The van der Waals surface area contributed by atoms with Crippen LogP contribution in [-0.4, -0.2) is 5.91 Å². The van der Waals surface area contributed by atoms with E-state index in [2.05, 4.69) is 11.4 Å². The zero-order chi connectivity index (χ0) is 16.3. The fourth-order valence-electron chi connectivity index (χ4n) is 2.07. The molecule has 0 saturated heterocycles. The van der Waals surface area contributed by atoms with Crippen LogP contribution in [0, 0.1) is 23.7 Å². The number of nitrogens with one attached hydrogen (secondary N) is 1. The second-order valence-electron chi connectivity index (χ2n) is 6.45. The lowest BCUT2D eigenvalue weighted by atomic mass is 9.94. The molecule has 1 N–H and O–H groups in total. The molecule has 0 aliphatic carbocycles. The maximum atomic E-state index is 12.3. The topological polar surface area (TPSA) is 52.9 Å². The van der Waals surface area contributed by atoms with Crippen LogP contribution in [0.1, 0.15) is 31.9 Å². The number of hydrogen-bond acceptors (Lipinski definition) is 2. The van der Waals surface area contributed by atoms with E-state index in [4.69, 9.17) is 5.26 Å². The first-order chi connectivity index (χ1) is 10.3. The number of anilines is 1. The van der Waals surface area contributed by atoms with E-state index in [0.717, 1.165) is 22.4 Å². The Labute approximate surface area is 131 Å². The molecule has 0 saturated carbocycles. The lowest BCUT2D eigenvalue weighted by Crippen LogP contribution is -2.27. The molecule has 0 atom stereocenters. The van der Waals surface area contributed by atoms with Gasteiger partial charge >= 0.3 is 0 Å². The minimum Gasteiger partial charge on any atom is -0.325 e. The Morgan fingerprint density at radius 2 is 1.86 bits per heavy atom. The molecule has 0 radical (unpaired) electrons. The first-order valence-electron chi connectivity index (χ1n) is 7.24. The van der Waals surface area contributed by atoms with Crippen molar-refractivity contribution in [2.75, 3.05) is 5.32 Å². The highest BCUT2D eigenvalue weighted by atomic mass is 16.2. The van der Waals surface area contributed by atoms with E-state index in [0.29, 0.717) is 5.56 Å². The van der Waals surface area contributed by atoms with Crippen molar-refractivity contribution in [3.05, 3.63) is 53.6 Å². The van der Waals surface area contributed by atoms with Crippen LogP contribution in [0.3, 0.4) is 0 Å². The van der Waals surface area contributed by atoms with Crippen molar-refractivity contribution in [3.63, 3.8) is 0 Å².